The highest BCUT2D eigenvalue weighted by Crippen LogP contribution is 2.26. The largest absolute Gasteiger partial charge is 0.265 e. The number of aromatic nitrogens is 6. The van der Waals surface area contributed by atoms with E-state index in [-0.39, 0.29) is 0 Å². The van der Waals surface area contributed by atoms with E-state index >= 15 is 0 Å². The van der Waals surface area contributed by atoms with Gasteiger partial charge < -0.3 is 0 Å². The first kappa shape index (κ1) is 21.1. The van der Waals surface area contributed by atoms with Crippen LogP contribution in [0.1, 0.15) is 5.56 Å². The second-order valence-electron chi connectivity index (χ2n) is 7.02. The highest BCUT2D eigenvalue weighted by atomic mass is 35.5. The van der Waals surface area contributed by atoms with Crippen LogP contribution in [-0.2, 0) is 0 Å². The Hall–Kier alpha value is -3.75. The molecule has 0 aliphatic carbocycles. The quantitative estimate of drug-likeness (QED) is 0.243. The van der Waals surface area contributed by atoms with Crippen molar-refractivity contribution in [1.82, 2.24) is 29.6 Å². The molecule has 0 amide bonds. The van der Waals surface area contributed by atoms with Crippen LogP contribution in [0.3, 0.4) is 0 Å². The first-order valence-corrected chi connectivity index (χ1v) is 11.7. The lowest BCUT2D eigenvalue weighted by molar-refractivity contribution is 0.774. The van der Waals surface area contributed by atoms with Crippen LogP contribution in [0.2, 0.25) is 5.02 Å². The van der Waals surface area contributed by atoms with E-state index in [0.29, 0.717) is 16.0 Å². The standard InChI is InChI=1S/C24H18ClN7S/c1-33-24-29-28-23(18-11-13-26-14-12-18)32(24)27-15-19-16-31(21-5-3-2-4-6-21)30-22(19)17-7-9-20(25)10-8-17/h2-16H,1H3/b27-15-. The van der Waals surface area contributed by atoms with Crippen molar-refractivity contribution in [3.05, 3.63) is 95.9 Å². The minimum Gasteiger partial charge on any atom is -0.265 e. The zero-order chi connectivity index (χ0) is 22.6. The number of hydrogen-bond donors (Lipinski definition) is 0. The van der Waals surface area contributed by atoms with Gasteiger partial charge in [0, 0.05) is 40.3 Å². The van der Waals surface area contributed by atoms with Crippen LogP contribution in [-0.4, -0.2) is 42.1 Å². The van der Waals surface area contributed by atoms with Gasteiger partial charge in [0.25, 0.3) is 0 Å². The van der Waals surface area contributed by atoms with Crippen LogP contribution in [0, 0.1) is 0 Å². The van der Waals surface area contributed by atoms with Crippen molar-refractivity contribution >= 4 is 29.6 Å². The van der Waals surface area contributed by atoms with E-state index in [1.165, 1.54) is 11.8 Å². The Bertz CT molecular complexity index is 1390. The molecular weight excluding hydrogens is 454 g/mol. The average molecular weight is 472 g/mol. The summed E-state index contributed by atoms with van der Waals surface area (Å²) in [6, 6.07) is 21.3. The molecule has 0 fully saturated rings. The molecule has 0 bridgehead atoms. The van der Waals surface area contributed by atoms with E-state index in [4.69, 9.17) is 21.8 Å². The number of rotatable bonds is 6. The Morgan fingerprint density at radius 1 is 0.909 bits per heavy atom. The van der Waals surface area contributed by atoms with E-state index in [1.807, 2.05) is 83.9 Å². The van der Waals surface area contributed by atoms with Crippen LogP contribution in [0.25, 0.3) is 28.3 Å². The monoisotopic (exact) mass is 471 g/mol. The highest BCUT2D eigenvalue weighted by molar-refractivity contribution is 7.98. The molecule has 33 heavy (non-hydrogen) atoms. The van der Waals surface area contributed by atoms with Gasteiger partial charge in [0.1, 0.15) is 5.69 Å². The molecule has 7 nitrogen and oxygen atoms in total. The number of hydrogen-bond acceptors (Lipinski definition) is 6. The molecule has 3 aromatic heterocycles. The number of pyridine rings is 1. The molecule has 162 valence electrons. The van der Waals surface area contributed by atoms with Crippen molar-refractivity contribution in [2.45, 2.75) is 5.16 Å². The molecule has 0 radical (unpaired) electrons. The molecule has 0 spiro atoms. The van der Waals surface area contributed by atoms with Crippen LogP contribution in [0.15, 0.2) is 95.6 Å². The summed E-state index contributed by atoms with van der Waals surface area (Å²) in [6.07, 6.45) is 9.12. The molecule has 9 heteroatoms. The Labute approximate surface area is 199 Å². The van der Waals surface area contributed by atoms with E-state index in [1.54, 1.807) is 23.3 Å². The fourth-order valence-electron chi connectivity index (χ4n) is 3.32. The molecule has 0 aliphatic heterocycles. The number of nitrogens with zero attached hydrogens (tertiary/aromatic N) is 7. The second-order valence-corrected chi connectivity index (χ2v) is 8.23. The smallest absolute Gasteiger partial charge is 0.212 e. The van der Waals surface area contributed by atoms with Crippen LogP contribution in [0.4, 0.5) is 0 Å². The van der Waals surface area contributed by atoms with Gasteiger partial charge in [-0.2, -0.15) is 14.9 Å². The topological polar surface area (TPSA) is 73.8 Å². The molecule has 0 aliphatic rings. The van der Waals surface area contributed by atoms with Gasteiger partial charge in [-0.15, -0.1) is 10.2 Å². The predicted octanol–water partition coefficient (Wildman–Crippen LogP) is 5.45. The molecule has 2 aromatic carbocycles. The minimum absolute atomic E-state index is 0.640. The summed E-state index contributed by atoms with van der Waals surface area (Å²) >= 11 is 7.58. The first-order valence-electron chi connectivity index (χ1n) is 10.1. The molecule has 0 atom stereocenters. The van der Waals surface area contributed by atoms with Crippen molar-refractivity contribution in [2.75, 3.05) is 6.26 Å². The Morgan fingerprint density at radius 3 is 2.39 bits per heavy atom. The SMILES string of the molecule is CSc1nnc(-c2ccncc2)n1/N=C\c1cn(-c2ccccc2)nc1-c1ccc(Cl)cc1. The van der Waals surface area contributed by atoms with Gasteiger partial charge in [-0.1, -0.05) is 53.7 Å². The zero-order valence-electron chi connectivity index (χ0n) is 17.6. The van der Waals surface area contributed by atoms with Crippen LogP contribution in [0.5, 0.6) is 0 Å². The normalized spacial score (nSPS) is 11.3. The summed E-state index contributed by atoms with van der Waals surface area (Å²) in [5.74, 6) is 0.640. The third-order valence-electron chi connectivity index (χ3n) is 4.93. The minimum atomic E-state index is 0.640. The van der Waals surface area contributed by atoms with Crippen molar-refractivity contribution in [3.8, 4) is 28.3 Å². The van der Waals surface area contributed by atoms with Gasteiger partial charge in [-0.05, 0) is 42.7 Å². The third kappa shape index (κ3) is 4.44. The summed E-state index contributed by atoms with van der Waals surface area (Å²) in [7, 11) is 0. The van der Waals surface area contributed by atoms with Gasteiger partial charge >= 0.3 is 0 Å². The molecule has 0 saturated carbocycles. The van der Waals surface area contributed by atoms with E-state index in [2.05, 4.69) is 15.2 Å². The molecule has 5 rings (SSSR count). The molecule has 5 aromatic rings. The molecule has 0 unspecified atom stereocenters. The van der Waals surface area contributed by atoms with Crippen LogP contribution >= 0.6 is 23.4 Å². The van der Waals surface area contributed by atoms with Crippen molar-refractivity contribution in [2.24, 2.45) is 5.10 Å². The van der Waals surface area contributed by atoms with Crippen molar-refractivity contribution in [1.29, 1.82) is 0 Å². The maximum Gasteiger partial charge on any atom is 0.212 e. The summed E-state index contributed by atoms with van der Waals surface area (Å²) < 4.78 is 3.57. The van der Waals surface area contributed by atoms with E-state index in [9.17, 15) is 0 Å². The zero-order valence-corrected chi connectivity index (χ0v) is 19.1. The maximum absolute atomic E-state index is 6.10. The molecule has 3 heterocycles. The average Bonchev–Trinajstić information content (AvgIpc) is 3.48. The highest BCUT2D eigenvalue weighted by Gasteiger charge is 2.15. The van der Waals surface area contributed by atoms with Gasteiger partial charge in [-0.3, -0.25) is 4.98 Å². The van der Waals surface area contributed by atoms with E-state index in [0.717, 1.165) is 28.1 Å². The van der Waals surface area contributed by atoms with Crippen molar-refractivity contribution in [3.63, 3.8) is 0 Å². The fraction of sp³-hybridized carbons (Fsp3) is 0.0417. The Kier molecular flexibility index (Phi) is 6.01. The van der Waals surface area contributed by atoms with Crippen molar-refractivity contribution < 1.29 is 0 Å². The summed E-state index contributed by atoms with van der Waals surface area (Å²) in [5.41, 5.74) is 4.43. The number of halogens is 1. The van der Waals surface area contributed by atoms with Gasteiger partial charge in [0.05, 0.1) is 11.9 Å². The van der Waals surface area contributed by atoms with Crippen LogP contribution < -0.4 is 0 Å². The number of para-hydroxylation sites is 1. The Morgan fingerprint density at radius 2 is 1.67 bits per heavy atom. The Balaban J connectivity index is 1.61. The lowest BCUT2D eigenvalue weighted by atomic mass is 10.1. The summed E-state index contributed by atoms with van der Waals surface area (Å²) in [5, 5.41) is 19.5. The lowest BCUT2D eigenvalue weighted by Crippen LogP contribution is -1.97. The van der Waals surface area contributed by atoms with Gasteiger partial charge in [0.2, 0.25) is 5.16 Å². The summed E-state index contributed by atoms with van der Waals surface area (Å²) in [6.45, 7) is 0. The summed E-state index contributed by atoms with van der Waals surface area (Å²) in [4.78, 5) is 4.08. The van der Waals surface area contributed by atoms with E-state index < -0.39 is 0 Å². The molecule has 0 saturated heterocycles. The van der Waals surface area contributed by atoms with Gasteiger partial charge in [-0.25, -0.2) is 4.68 Å². The number of thioether (sulfide) groups is 1. The lowest BCUT2D eigenvalue weighted by Gasteiger charge is -2.03. The molecule has 0 N–H and O–H groups in total. The maximum atomic E-state index is 6.10. The van der Waals surface area contributed by atoms with Gasteiger partial charge in [0.15, 0.2) is 5.82 Å². The predicted molar refractivity (Wildman–Crippen MR) is 132 cm³/mol. The number of benzene rings is 2. The fourth-order valence-corrected chi connectivity index (χ4v) is 3.88. The molecular formula is C24H18ClN7S. The second kappa shape index (κ2) is 9.40. The first-order chi connectivity index (χ1) is 16.2. The third-order valence-corrected chi connectivity index (χ3v) is 5.80.